The molecule has 1 amide bonds. The zero-order valence-electron chi connectivity index (χ0n) is 16.9. The Bertz CT molecular complexity index is 955. The molecule has 1 aliphatic heterocycles. The Kier molecular flexibility index (Phi) is 6.06. The van der Waals surface area contributed by atoms with E-state index >= 15 is 0 Å². The molecule has 1 aromatic carbocycles. The quantitative estimate of drug-likeness (QED) is 0.624. The van der Waals surface area contributed by atoms with Crippen LogP contribution in [0.3, 0.4) is 0 Å². The molecule has 2 aromatic rings. The molecule has 158 valence electrons. The second-order valence-corrected chi connectivity index (χ2v) is 8.54. The van der Waals surface area contributed by atoms with Gasteiger partial charge in [0.05, 0.1) is 29.9 Å². The molecule has 2 N–H and O–H groups in total. The lowest BCUT2D eigenvalue weighted by Gasteiger charge is -2.39. The van der Waals surface area contributed by atoms with Crippen molar-refractivity contribution in [3.05, 3.63) is 46.1 Å². The van der Waals surface area contributed by atoms with E-state index in [1.165, 1.54) is 0 Å². The molecule has 1 saturated heterocycles. The zero-order valence-corrected chi connectivity index (χ0v) is 18.5. The van der Waals surface area contributed by atoms with Gasteiger partial charge < -0.3 is 25.1 Å². The van der Waals surface area contributed by atoms with Crippen LogP contribution in [0, 0.1) is 0 Å². The van der Waals surface area contributed by atoms with Crippen molar-refractivity contribution in [2.45, 2.75) is 24.7 Å². The molecule has 0 atom stereocenters. The summed E-state index contributed by atoms with van der Waals surface area (Å²) in [5, 5.41) is 6.19. The van der Waals surface area contributed by atoms with Crippen LogP contribution in [-0.2, 0) is 14.9 Å². The first-order valence-corrected chi connectivity index (χ1v) is 10.9. The highest BCUT2D eigenvalue weighted by molar-refractivity contribution is 9.10. The Labute approximate surface area is 184 Å². The van der Waals surface area contributed by atoms with Gasteiger partial charge in [0.25, 0.3) is 5.91 Å². The number of pyridine rings is 1. The average Bonchev–Trinajstić information content (AvgIpc) is 2.74. The van der Waals surface area contributed by atoms with E-state index in [0.29, 0.717) is 43.4 Å². The zero-order chi connectivity index (χ0) is 21.1. The van der Waals surface area contributed by atoms with Crippen molar-refractivity contribution in [2.24, 2.45) is 0 Å². The van der Waals surface area contributed by atoms with Gasteiger partial charge in [-0.2, -0.15) is 0 Å². The molecule has 7 nitrogen and oxygen atoms in total. The number of ether oxygens (including phenoxy) is 1. The molecule has 4 rings (SSSR count). The number of hydrogen-bond acceptors (Lipinski definition) is 6. The fraction of sp³-hybridized carbons (Fsp3) is 0.409. The molecular formula is C22H25BrN4O3. The molecule has 8 heteroatoms. The number of rotatable bonds is 6. The fourth-order valence-corrected chi connectivity index (χ4v) is 4.79. The number of benzene rings is 1. The van der Waals surface area contributed by atoms with E-state index in [4.69, 9.17) is 4.74 Å². The van der Waals surface area contributed by atoms with Gasteiger partial charge in [0.15, 0.2) is 0 Å². The summed E-state index contributed by atoms with van der Waals surface area (Å²) in [5.41, 5.74) is 2.47. The van der Waals surface area contributed by atoms with Crippen LogP contribution in [0.2, 0.25) is 0 Å². The highest BCUT2D eigenvalue weighted by Crippen LogP contribution is 2.47. The molecule has 30 heavy (non-hydrogen) atoms. The van der Waals surface area contributed by atoms with Crippen LogP contribution in [-0.4, -0.2) is 50.5 Å². The number of aldehydes is 1. The lowest BCUT2D eigenvalue weighted by atomic mass is 9.65. The summed E-state index contributed by atoms with van der Waals surface area (Å²) in [4.78, 5) is 31.6. The Hall–Kier alpha value is -2.45. The van der Waals surface area contributed by atoms with Crippen LogP contribution in [0.25, 0.3) is 0 Å². The van der Waals surface area contributed by atoms with E-state index in [1.807, 2.05) is 19.2 Å². The molecule has 2 fully saturated rings. The monoisotopic (exact) mass is 472 g/mol. The van der Waals surface area contributed by atoms with Gasteiger partial charge in [-0.1, -0.05) is 6.42 Å². The smallest absolute Gasteiger partial charge is 0.259 e. The van der Waals surface area contributed by atoms with Crippen LogP contribution in [0.1, 0.15) is 35.2 Å². The topological polar surface area (TPSA) is 83.6 Å². The van der Waals surface area contributed by atoms with Gasteiger partial charge in [0.1, 0.15) is 12.1 Å². The van der Waals surface area contributed by atoms with Gasteiger partial charge in [-0.15, -0.1) is 0 Å². The summed E-state index contributed by atoms with van der Waals surface area (Å²) < 4.78 is 6.22. The molecule has 0 unspecified atom stereocenters. The Morgan fingerprint density at radius 1 is 1.30 bits per heavy atom. The van der Waals surface area contributed by atoms with Crippen molar-refractivity contribution >= 4 is 45.3 Å². The van der Waals surface area contributed by atoms with E-state index in [0.717, 1.165) is 41.3 Å². The fourth-order valence-electron chi connectivity index (χ4n) is 4.13. The highest BCUT2D eigenvalue weighted by atomic mass is 79.9. The third-order valence-corrected chi connectivity index (χ3v) is 6.57. The number of morpholine rings is 1. The van der Waals surface area contributed by atoms with Crippen molar-refractivity contribution in [1.29, 1.82) is 0 Å². The van der Waals surface area contributed by atoms with Crippen LogP contribution >= 0.6 is 15.9 Å². The molecule has 0 bridgehead atoms. The van der Waals surface area contributed by atoms with Crippen LogP contribution in [0.15, 0.2) is 34.9 Å². The van der Waals surface area contributed by atoms with Crippen molar-refractivity contribution in [3.8, 4) is 0 Å². The third-order valence-electron chi connectivity index (χ3n) is 5.95. The average molecular weight is 473 g/mol. The normalized spacial score (nSPS) is 17.7. The Balaban J connectivity index is 1.65. The van der Waals surface area contributed by atoms with Crippen molar-refractivity contribution < 1.29 is 14.3 Å². The van der Waals surface area contributed by atoms with Gasteiger partial charge in [0.2, 0.25) is 0 Å². The molecule has 0 radical (unpaired) electrons. The summed E-state index contributed by atoms with van der Waals surface area (Å²) in [6.45, 7) is 2.64. The number of anilines is 3. The van der Waals surface area contributed by atoms with Crippen LogP contribution in [0.4, 0.5) is 17.2 Å². The minimum absolute atomic E-state index is 0.228. The van der Waals surface area contributed by atoms with E-state index in [9.17, 15) is 9.59 Å². The number of nitrogens with one attached hydrogen (secondary N) is 2. The summed E-state index contributed by atoms with van der Waals surface area (Å²) in [7, 11) is 1.84. The van der Waals surface area contributed by atoms with Crippen molar-refractivity contribution in [2.75, 3.05) is 48.9 Å². The van der Waals surface area contributed by atoms with Gasteiger partial charge in [-0.25, -0.2) is 4.98 Å². The number of carbonyl (C=O) groups is 2. The number of amides is 1. The molecule has 1 saturated carbocycles. The Morgan fingerprint density at radius 3 is 2.70 bits per heavy atom. The van der Waals surface area contributed by atoms with E-state index in [-0.39, 0.29) is 5.91 Å². The maximum absolute atomic E-state index is 13.1. The predicted molar refractivity (Wildman–Crippen MR) is 121 cm³/mol. The predicted octanol–water partition coefficient (Wildman–Crippen LogP) is 3.60. The second-order valence-electron chi connectivity index (χ2n) is 7.69. The number of carbonyl (C=O) groups excluding carboxylic acids is 2. The number of aromatic nitrogens is 1. The van der Waals surface area contributed by atoms with E-state index in [2.05, 4.69) is 36.4 Å². The maximum Gasteiger partial charge on any atom is 0.259 e. The summed E-state index contributed by atoms with van der Waals surface area (Å²) in [6.07, 6.45) is 5.40. The molecule has 2 aliphatic rings. The first kappa shape index (κ1) is 20.8. The molecular weight excluding hydrogens is 448 g/mol. The first-order chi connectivity index (χ1) is 14.6. The molecule has 1 aromatic heterocycles. The highest BCUT2D eigenvalue weighted by Gasteiger charge is 2.41. The Morgan fingerprint density at radius 2 is 2.07 bits per heavy atom. The maximum atomic E-state index is 13.1. The SMILES string of the molecule is CNc1c(Br)cc(NC(=O)c2cccnc2N2CCOCC2)cc1C1(C=O)CCC1. The number of halogens is 1. The van der Waals surface area contributed by atoms with Crippen LogP contribution < -0.4 is 15.5 Å². The minimum atomic E-state index is -0.491. The van der Waals surface area contributed by atoms with Crippen molar-refractivity contribution in [1.82, 2.24) is 4.98 Å². The lowest BCUT2D eigenvalue weighted by Crippen LogP contribution is -2.38. The minimum Gasteiger partial charge on any atom is -0.387 e. The number of hydrogen-bond donors (Lipinski definition) is 2. The molecule has 0 spiro atoms. The summed E-state index contributed by atoms with van der Waals surface area (Å²) in [5.74, 6) is 0.432. The van der Waals surface area contributed by atoms with E-state index < -0.39 is 5.41 Å². The van der Waals surface area contributed by atoms with Gasteiger partial charge in [-0.3, -0.25) is 4.79 Å². The van der Waals surface area contributed by atoms with Gasteiger partial charge in [-0.05, 0) is 58.6 Å². The molecule has 2 heterocycles. The first-order valence-electron chi connectivity index (χ1n) is 10.1. The lowest BCUT2D eigenvalue weighted by molar-refractivity contribution is -0.115. The summed E-state index contributed by atoms with van der Waals surface area (Å²) in [6, 6.07) is 7.31. The standard InChI is InChI=1S/C22H25BrN4O3/c1-24-19-17(22(14-28)5-3-6-22)12-15(13-18(19)23)26-21(29)16-4-2-7-25-20(16)27-8-10-30-11-9-27/h2,4,7,12-14,24H,3,5-6,8-11H2,1H3,(H,26,29). The number of nitrogens with zero attached hydrogens (tertiary/aromatic N) is 2. The largest absolute Gasteiger partial charge is 0.387 e. The second kappa shape index (κ2) is 8.73. The van der Waals surface area contributed by atoms with Crippen molar-refractivity contribution in [3.63, 3.8) is 0 Å². The third kappa shape index (κ3) is 3.81. The van der Waals surface area contributed by atoms with Gasteiger partial charge >= 0.3 is 0 Å². The molecule has 1 aliphatic carbocycles. The van der Waals surface area contributed by atoms with Crippen LogP contribution in [0.5, 0.6) is 0 Å². The summed E-state index contributed by atoms with van der Waals surface area (Å²) >= 11 is 3.59. The van der Waals surface area contributed by atoms with E-state index in [1.54, 1.807) is 18.3 Å². The van der Waals surface area contributed by atoms with Gasteiger partial charge in [0, 0.05) is 36.5 Å².